The summed E-state index contributed by atoms with van der Waals surface area (Å²) in [5, 5.41) is 0. The number of amides is 1. The van der Waals surface area contributed by atoms with Crippen LogP contribution in [0.25, 0.3) is 0 Å². The second-order valence-corrected chi connectivity index (χ2v) is 6.20. The highest BCUT2D eigenvalue weighted by molar-refractivity contribution is 5.86. The minimum atomic E-state index is -0.665. The molecule has 1 amide bonds. The van der Waals surface area contributed by atoms with Crippen molar-refractivity contribution in [1.29, 1.82) is 0 Å². The van der Waals surface area contributed by atoms with Crippen LogP contribution in [0.3, 0.4) is 0 Å². The van der Waals surface area contributed by atoms with Gasteiger partial charge < -0.3 is 10.6 Å². The van der Waals surface area contributed by atoms with Gasteiger partial charge in [-0.25, -0.2) is 0 Å². The minimum absolute atomic E-state index is 0. The number of hydrogen-bond acceptors (Lipinski definition) is 2. The molecular weight excluding hydrogens is 248 g/mol. The maximum Gasteiger partial charge on any atom is 0.242 e. The SMILES string of the molecule is CCCC(C)(N)C(=O)N1CCC(CC(C)C)C1.Cl. The van der Waals surface area contributed by atoms with Crippen molar-refractivity contribution < 1.29 is 4.79 Å². The first-order valence-electron chi connectivity index (χ1n) is 6.95. The van der Waals surface area contributed by atoms with Crippen molar-refractivity contribution in [2.24, 2.45) is 17.6 Å². The van der Waals surface area contributed by atoms with Crippen LogP contribution >= 0.6 is 12.4 Å². The van der Waals surface area contributed by atoms with Crippen LogP contribution in [0.5, 0.6) is 0 Å². The van der Waals surface area contributed by atoms with Gasteiger partial charge in [-0.05, 0) is 38.0 Å². The van der Waals surface area contributed by atoms with E-state index in [4.69, 9.17) is 5.73 Å². The van der Waals surface area contributed by atoms with E-state index >= 15 is 0 Å². The Labute approximate surface area is 118 Å². The molecule has 3 nitrogen and oxygen atoms in total. The first-order valence-corrected chi connectivity index (χ1v) is 6.95. The van der Waals surface area contributed by atoms with Gasteiger partial charge in [-0.3, -0.25) is 4.79 Å². The average molecular weight is 277 g/mol. The van der Waals surface area contributed by atoms with E-state index in [1.165, 1.54) is 6.42 Å². The van der Waals surface area contributed by atoms with Gasteiger partial charge in [0.15, 0.2) is 0 Å². The molecule has 2 unspecified atom stereocenters. The second kappa shape index (κ2) is 7.34. The Hall–Kier alpha value is -0.280. The molecule has 1 saturated heterocycles. The summed E-state index contributed by atoms with van der Waals surface area (Å²) in [6.45, 7) is 10.2. The molecule has 0 aromatic carbocycles. The summed E-state index contributed by atoms with van der Waals surface area (Å²) in [5.74, 6) is 1.54. The highest BCUT2D eigenvalue weighted by Crippen LogP contribution is 2.25. The molecule has 18 heavy (non-hydrogen) atoms. The van der Waals surface area contributed by atoms with E-state index in [0.29, 0.717) is 5.92 Å². The van der Waals surface area contributed by atoms with Crippen molar-refractivity contribution in [1.82, 2.24) is 4.90 Å². The Morgan fingerprint density at radius 1 is 1.50 bits per heavy atom. The molecule has 0 aliphatic carbocycles. The van der Waals surface area contributed by atoms with Crippen LogP contribution in [0.4, 0.5) is 0 Å². The highest BCUT2D eigenvalue weighted by atomic mass is 35.5. The van der Waals surface area contributed by atoms with Gasteiger partial charge in [0.05, 0.1) is 5.54 Å². The van der Waals surface area contributed by atoms with Gasteiger partial charge in [0, 0.05) is 13.1 Å². The molecule has 0 bridgehead atoms. The monoisotopic (exact) mass is 276 g/mol. The molecule has 2 atom stereocenters. The lowest BCUT2D eigenvalue weighted by molar-refractivity contribution is -0.135. The van der Waals surface area contributed by atoms with Gasteiger partial charge in [0.1, 0.15) is 0 Å². The number of likely N-dealkylation sites (tertiary alicyclic amines) is 1. The summed E-state index contributed by atoms with van der Waals surface area (Å²) >= 11 is 0. The molecule has 0 saturated carbocycles. The van der Waals surface area contributed by atoms with Crippen LogP contribution in [0.2, 0.25) is 0 Å². The van der Waals surface area contributed by atoms with E-state index in [2.05, 4.69) is 20.8 Å². The Kier molecular flexibility index (Phi) is 7.23. The van der Waals surface area contributed by atoms with Crippen LogP contribution in [0.1, 0.15) is 53.4 Å². The summed E-state index contributed by atoms with van der Waals surface area (Å²) < 4.78 is 0. The maximum atomic E-state index is 12.3. The third-order valence-electron chi connectivity index (χ3n) is 3.64. The molecular formula is C14H29ClN2O. The van der Waals surface area contributed by atoms with Gasteiger partial charge in [-0.1, -0.05) is 27.2 Å². The van der Waals surface area contributed by atoms with Crippen molar-refractivity contribution in [2.45, 2.75) is 58.9 Å². The van der Waals surface area contributed by atoms with Gasteiger partial charge in [0.2, 0.25) is 5.91 Å². The largest absolute Gasteiger partial charge is 0.341 e. The van der Waals surface area contributed by atoms with Crippen LogP contribution < -0.4 is 5.73 Å². The Morgan fingerprint density at radius 2 is 2.11 bits per heavy atom. The second-order valence-electron chi connectivity index (χ2n) is 6.20. The smallest absolute Gasteiger partial charge is 0.242 e. The molecule has 1 fully saturated rings. The fraction of sp³-hybridized carbons (Fsp3) is 0.929. The summed E-state index contributed by atoms with van der Waals surface area (Å²) in [6, 6.07) is 0. The van der Waals surface area contributed by atoms with Crippen LogP contribution in [-0.2, 0) is 4.79 Å². The van der Waals surface area contributed by atoms with Crippen molar-refractivity contribution >= 4 is 18.3 Å². The number of rotatable bonds is 5. The lowest BCUT2D eigenvalue weighted by atomic mass is 9.95. The Morgan fingerprint density at radius 3 is 2.61 bits per heavy atom. The van der Waals surface area contributed by atoms with E-state index < -0.39 is 5.54 Å². The summed E-state index contributed by atoms with van der Waals surface area (Å²) in [6.07, 6.45) is 4.10. The van der Waals surface area contributed by atoms with Crippen LogP contribution in [-0.4, -0.2) is 29.4 Å². The fourth-order valence-corrected chi connectivity index (χ4v) is 2.86. The fourth-order valence-electron chi connectivity index (χ4n) is 2.86. The van der Waals surface area contributed by atoms with E-state index in [9.17, 15) is 4.79 Å². The Balaban J connectivity index is 0.00000289. The molecule has 0 aromatic rings. The van der Waals surface area contributed by atoms with E-state index in [-0.39, 0.29) is 18.3 Å². The molecule has 1 rings (SSSR count). The van der Waals surface area contributed by atoms with Gasteiger partial charge in [0.25, 0.3) is 0 Å². The number of carbonyl (C=O) groups is 1. The topological polar surface area (TPSA) is 46.3 Å². The minimum Gasteiger partial charge on any atom is -0.341 e. The van der Waals surface area contributed by atoms with Crippen LogP contribution in [0, 0.1) is 11.8 Å². The lowest BCUT2D eigenvalue weighted by Crippen LogP contribution is -2.52. The first-order chi connectivity index (χ1) is 7.86. The molecule has 1 aliphatic heterocycles. The molecule has 0 radical (unpaired) electrons. The van der Waals surface area contributed by atoms with Crippen molar-refractivity contribution in [3.8, 4) is 0 Å². The number of hydrogen-bond donors (Lipinski definition) is 1. The zero-order valence-corrected chi connectivity index (χ0v) is 13.1. The zero-order chi connectivity index (χ0) is 13.1. The number of halogens is 1. The molecule has 1 heterocycles. The normalized spacial score (nSPS) is 22.8. The quantitative estimate of drug-likeness (QED) is 0.839. The number of carbonyl (C=O) groups excluding carboxylic acids is 1. The van der Waals surface area contributed by atoms with E-state index in [1.807, 2.05) is 11.8 Å². The maximum absolute atomic E-state index is 12.3. The highest BCUT2D eigenvalue weighted by Gasteiger charge is 2.35. The molecule has 0 aromatic heterocycles. The van der Waals surface area contributed by atoms with Crippen molar-refractivity contribution in [3.63, 3.8) is 0 Å². The Bertz CT molecular complexity index is 267. The third-order valence-corrected chi connectivity index (χ3v) is 3.64. The van der Waals surface area contributed by atoms with Gasteiger partial charge in [-0.15, -0.1) is 12.4 Å². The van der Waals surface area contributed by atoms with E-state index in [0.717, 1.165) is 38.3 Å². The standard InChI is InChI=1S/C14H28N2O.ClH/c1-5-7-14(4,15)13(17)16-8-6-12(10-16)9-11(2)3;/h11-12H,5-10,15H2,1-4H3;1H. The number of nitrogens with two attached hydrogens (primary N) is 1. The predicted octanol–water partition coefficient (Wildman–Crippen LogP) is 2.82. The molecule has 2 N–H and O–H groups in total. The zero-order valence-electron chi connectivity index (χ0n) is 12.2. The molecule has 0 spiro atoms. The molecule has 1 aliphatic rings. The number of nitrogens with zero attached hydrogens (tertiary/aromatic N) is 1. The lowest BCUT2D eigenvalue weighted by Gasteiger charge is -2.29. The van der Waals surface area contributed by atoms with E-state index in [1.54, 1.807) is 0 Å². The summed E-state index contributed by atoms with van der Waals surface area (Å²) in [4.78, 5) is 14.3. The molecule has 4 heteroatoms. The van der Waals surface area contributed by atoms with Crippen molar-refractivity contribution in [2.75, 3.05) is 13.1 Å². The summed E-state index contributed by atoms with van der Waals surface area (Å²) in [5.41, 5.74) is 5.44. The summed E-state index contributed by atoms with van der Waals surface area (Å²) in [7, 11) is 0. The molecule has 108 valence electrons. The predicted molar refractivity (Wildman–Crippen MR) is 78.9 cm³/mol. The average Bonchev–Trinajstić information content (AvgIpc) is 2.63. The van der Waals surface area contributed by atoms with Crippen molar-refractivity contribution in [3.05, 3.63) is 0 Å². The third kappa shape index (κ3) is 4.77. The first kappa shape index (κ1) is 17.7. The van der Waals surface area contributed by atoms with Gasteiger partial charge >= 0.3 is 0 Å². The van der Waals surface area contributed by atoms with Gasteiger partial charge in [-0.2, -0.15) is 0 Å². The van der Waals surface area contributed by atoms with Crippen LogP contribution in [0.15, 0.2) is 0 Å².